The van der Waals surface area contributed by atoms with Crippen molar-refractivity contribution in [2.45, 2.75) is 25.8 Å². The molecule has 21 heavy (non-hydrogen) atoms. The van der Waals surface area contributed by atoms with Crippen molar-refractivity contribution in [3.63, 3.8) is 0 Å². The summed E-state index contributed by atoms with van der Waals surface area (Å²) in [6, 6.07) is 8.08. The lowest BCUT2D eigenvalue weighted by Crippen LogP contribution is -2.10. The molecule has 1 heterocycles. The van der Waals surface area contributed by atoms with Gasteiger partial charge in [-0.1, -0.05) is 17.7 Å². The Morgan fingerprint density at radius 3 is 3.14 bits per heavy atom. The van der Waals surface area contributed by atoms with Crippen LogP contribution in [-0.4, -0.2) is 11.6 Å². The Balaban J connectivity index is 1.92. The molecule has 0 spiro atoms. The van der Waals surface area contributed by atoms with Crippen LogP contribution >= 0.6 is 27.5 Å². The summed E-state index contributed by atoms with van der Waals surface area (Å²) in [6.45, 7) is 2.58. The van der Waals surface area contributed by atoms with E-state index in [-0.39, 0.29) is 6.04 Å². The minimum Gasteiger partial charge on any atom is -0.491 e. The quantitative estimate of drug-likeness (QED) is 0.826. The van der Waals surface area contributed by atoms with Gasteiger partial charge >= 0.3 is 0 Å². The maximum absolute atomic E-state index is 6.17. The van der Waals surface area contributed by atoms with Crippen LogP contribution in [0.4, 0.5) is 5.69 Å². The molecule has 1 aromatic carbocycles. The smallest absolute Gasteiger partial charge is 0.156 e. The molecule has 1 N–H and O–H groups in total. The molecule has 3 rings (SSSR count). The normalized spacial score (nSPS) is 16.6. The second-order valence-electron chi connectivity index (χ2n) is 4.98. The third-order valence-corrected chi connectivity index (χ3v) is 4.39. The molecule has 1 aliphatic carbocycles. The molecule has 0 fully saturated rings. The van der Waals surface area contributed by atoms with Crippen LogP contribution in [0.2, 0.25) is 5.02 Å². The zero-order valence-corrected chi connectivity index (χ0v) is 14.0. The number of benzene rings is 1. The van der Waals surface area contributed by atoms with Crippen molar-refractivity contribution in [1.29, 1.82) is 0 Å². The first-order chi connectivity index (χ1) is 10.2. The first-order valence-corrected chi connectivity index (χ1v) is 8.18. The van der Waals surface area contributed by atoms with Crippen LogP contribution in [-0.2, 0) is 6.42 Å². The van der Waals surface area contributed by atoms with Gasteiger partial charge in [0.2, 0.25) is 0 Å². The summed E-state index contributed by atoms with van der Waals surface area (Å²) in [5.74, 6) is 0.797. The largest absolute Gasteiger partial charge is 0.491 e. The van der Waals surface area contributed by atoms with E-state index in [1.807, 2.05) is 31.3 Å². The highest BCUT2D eigenvalue weighted by Gasteiger charge is 2.24. The number of ether oxygens (including phenoxy) is 1. The molecule has 0 bridgehead atoms. The second-order valence-corrected chi connectivity index (χ2v) is 6.27. The summed E-state index contributed by atoms with van der Waals surface area (Å²) in [5, 5.41) is 4.20. The Bertz CT molecular complexity index is 663. The number of rotatable bonds is 4. The molecule has 1 unspecified atom stereocenters. The molecule has 0 radical (unpaired) electrons. The van der Waals surface area contributed by atoms with E-state index in [1.54, 1.807) is 0 Å². The van der Waals surface area contributed by atoms with Crippen LogP contribution in [0.3, 0.4) is 0 Å². The predicted octanol–water partition coefficient (Wildman–Crippen LogP) is 5.00. The third-order valence-electron chi connectivity index (χ3n) is 3.59. The van der Waals surface area contributed by atoms with Gasteiger partial charge in [0.05, 0.1) is 28.5 Å². The molecule has 0 saturated carbocycles. The van der Waals surface area contributed by atoms with Crippen molar-refractivity contribution in [1.82, 2.24) is 4.98 Å². The van der Waals surface area contributed by atoms with Gasteiger partial charge < -0.3 is 10.1 Å². The Labute approximate surface area is 137 Å². The highest BCUT2D eigenvalue weighted by Crippen LogP contribution is 2.40. The van der Waals surface area contributed by atoms with E-state index in [1.165, 1.54) is 5.56 Å². The number of anilines is 1. The number of nitrogens with one attached hydrogen (secondary N) is 1. The van der Waals surface area contributed by atoms with Gasteiger partial charge in [0.15, 0.2) is 5.75 Å². The number of aryl methyl sites for hydroxylation is 1. The van der Waals surface area contributed by atoms with Crippen LogP contribution in [0.5, 0.6) is 5.75 Å². The van der Waals surface area contributed by atoms with Gasteiger partial charge in [0.1, 0.15) is 0 Å². The van der Waals surface area contributed by atoms with Crippen molar-refractivity contribution in [2.75, 3.05) is 11.9 Å². The van der Waals surface area contributed by atoms with E-state index in [4.69, 9.17) is 16.3 Å². The minimum atomic E-state index is 0.200. The van der Waals surface area contributed by atoms with Crippen LogP contribution in [0.15, 0.2) is 34.9 Å². The van der Waals surface area contributed by atoms with Crippen molar-refractivity contribution < 1.29 is 4.74 Å². The Morgan fingerprint density at radius 1 is 1.48 bits per heavy atom. The van der Waals surface area contributed by atoms with Crippen LogP contribution in [0, 0.1) is 0 Å². The summed E-state index contributed by atoms with van der Waals surface area (Å²) in [6.07, 6.45) is 3.92. The van der Waals surface area contributed by atoms with Crippen LogP contribution < -0.4 is 10.1 Å². The van der Waals surface area contributed by atoms with Gasteiger partial charge in [-0.2, -0.15) is 0 Å². The fraction of sp³-hybridized carbons (Fsp3) is 0.312. The molecule has 2 aromatic rings. The zero-order valence-electron chi connectivity index (χ0n) is 11.7. The maximum atomic E-state index is 6.17. The number of hydrogen-bond acceptors (Lipinski definition) is 3. The van der Waals surface area contributed by atoms with E-state index in [2.05, 4.69) is 32.3 Å². The molecule has 0 aliphatic heterocycles. The lowest BCUT2D eigenvalue weighted by atomic mass is 10.2. The zero-order chi connectivity index (χ0) is 14.8. The predicted molar refractivity (Wildman–Crippen MR) is 89.2 cm³/mol. The number of nitrogens with zero attached hydrogens (tertiary/aromatic N) is 1. The number of aromatic nitrogens is 1. The van der Waals surface area contributed by atoms with Crippen LogP contribution in [0.25, 0.3) is 0 Å². The van der Waals surface area contributed by atoms with Crippen molar-refractivity contribution >= 4 is 33.2 Å². The molecular formula is C16H16BrClN2O. The summed E-state index contributed by atoms with van der Waals surface area (Å²) in [5.41, 5.74) is 3.34. The molecule has 1 aromatic heterocycles. The Hall–Kier alpha value is -1.26. The van der Waals surface area contributed by atoms with Gasteiger partial charge in [-0.15, -0.1) is 0 Å². The fourth-order valence-corrected chi connectivity index (χ4v) is 3.62. The van der Waals surface area contributed by atoms with E-state index >= 15 is 0 Å². The van der Waals surface area contributed by atoms with Crippen molar-refractivity contribution in [3.05, 3.63) is 51.2 Å². The lowest BCUT2D eigenvalue weighted by molar-refractivity contribution is 0.339. The fourth-order valence-electron chi connectivity index (χ4n) is 2.70. The number of pyridine rings is 1. The average molecular weight is 368 g/mol. The summed E-state index contributed by atoms with van der Waals surface area (Å²) in [7, 11) is 0. The molecule has 5 heteroatoms. The third kappa shape index (κ3) is 3.01. The molecular weight excluding hydrogens is 352 g/mol. The first-order valence-electron chi connectivity index (χ1n) is 7.01. The number of halogens is 2. The lowest BCUT2D eigenvalue weighted by Gasteiger charge is -2.19. The van der Waals surface area contributed by atoms with Gasteiger partial charge in [-0.05, 0) is 59.5 Å². The molecule has 3 nitrogen and oxygen atoms in total. The Kier molecular flexibility index (Phi) is 4.36. The highest BCUT2D eigenvalue weighted by molar-refractivity contribution is 9.10. The van der Waals surface area contributed by atoms with Gasteiger partial charge in [0.25, 0.3) is 0 Å². The minimum absolute atomic E-state index is 0.200. The average Bonchev–Trinajstić information content (AvgIpc) is 2.86. The second kappa shape index (κ2) is 6.24. The van der Waals surface area contributed by atoms with E-state index in [0.29, 0.717) is 11.6 Å². The van der Waals surface area contributed by atoms with Crippen molar-refractivity contribution in [3.8, 4) is 5.75 Å². The highest BCUT2D eigenvalue weighted by atomic mass is 79.9. The van der Waals surface area contributed by atoms with E-state index in [0.717, 1.165) is 34.4 Å². The molecule has 0 saturated heterocycles. The molecule has 0 amide bonds. The Morgan fingerprint density at radius 2 is 2.33 bits per heavy atom. The van der Waals surface area contributed by atoms with Crippen LogP contribution in [0.1, 0.15) is 30.6 Å². The number of hydrogen-bond donors (Lipinski definition) is 1. The topological polar surface area (TPSA) is 34.1 Å². The molecule has 1 atom stereocenters. The SMILES string of the molecule is CCOc1c(Br)cc(Cl)cc1NC1CCc2cccnc21. The van der Waals surface area contributed by atoms with E-state index in [9.17, 15) is 0 Å². The maximum Gasteiger partial charge on any atom is 0.156 e. The monoisotopic (exact) mass is 366 g/mol. The molecule has 110 valence electrons. The standard InChI is InChI=1S/C16H16BrClN2O/c1-2-21-16-12(17)8-11(18)9-14(16)20-13-6-5-10-4-3-7-19-15(10)13/h3-4,7-9,13,20H,2,5-6H2,1H3. The van der Waals surface area contributed by atoms with Gasteiger partial charge in [-0.25, -0.2) is 0 Å². The number of fused-ring (bicyclic) bond motifs is 1. The van der Waals surface area contributed by atoms with Crippen molar-refractivity contribution in [2.24, 2.45) is 0 Å². The first kappa shape index (κ1) is 14.7. The van der Waals surface area contributed by atoms with Gasteiger partial charge in [-0.3, -0.25) is 4.98 Å². The molecule has 1 aliphatic rings. The summed E-state index contributed by atoms with van der Waals surface area (Å²) < 4.78 is 6.59. The van der Waals surface area contributed by atoms with Gasteiger partial charge in [0, 0.05) is 11.2 Å². The summed E-state index contributed by atoms with van der Waals surface area (Å²) >= 11 is 9.68. The van der Waals surface area contributed by atoms with E-state index < -0.39 is 0 Å². The summed E-state index contributed by atoms with van der Waals surface area (Å²) in [4.78, 5) is 4.51.